The molecule has 1 rings (SSSR count). The molecule has 0 fully saturated rings. The Labute approximate surface area is 96.6 Å². The summed E-state index contributed by atoms with van der Waals surface area (Å²) in [5.74, 6) is -1.83. The van der Waals surface area contributed by atoms with Gasteiger partial charge >= 0.3 is 6.18 Å². The highest BCUT2D eigenvalue weighted by atomic mass is 19.4. The Morgan fingerprint density at radius 1 is 1.35 bits per heavy atom. The maximum atomic E-state index is 13.1. The van der Waals surface area contributed by atoms with Crippen LogP contribution in [0.5, 0.6) is 0 Å². The average molecular weight is 251 g/mol. The predicted molar refractivity (Wildman–Crippen MR) is 56.1 cm³/mol. The number of hydrogen-bond donors (Lipinski definition) is 1. The molecule has 6 heteroatoms. The van der Waals surface area contributed by atoms with Crippen LogP contribution in [0.25, 0.3) is 0 Å². The van der Waals surface area contributed by atoms with E-state index in [1.165, 1.54) is 0 Å². The number of rotatable bonds is 2. The van der Waals surface area contributed by atoms with Gasteiger partial charge in [0.25, 0.3) is 5.91 Å². The van der Waals surface area contributed by atoms with Gasteiger partial charge in [0.1, 0.15) is 5.82 Å². The molecule has 1 aromatic rings. The van der Waals surface area contributed by atoms with Crippen LogP contribution in [0.4, 0.5) is 17.6 Å². The Kier molecular flexibility index (Phi) is 5.12. The van der Waals surface area contributed by atoms with Gasteiger partial charge in [0.05, 0.1) is 11.1 Å². The Morgan fingerprint density at radius 2 is 1.94 bits per heavy atom. The second-order valence-electron chi connectivity index (χ2n) is 3.05. The van der Waals surface area contributed by atoms with E-state index in [1.54, 1.807) is 6.92 Å². The summed E-state index contributed by atoms with van der Waals surface area (Å²) in [4.78, 5) is 11.2. The molecule has 0 aliphatic rings. The number of halogens is 4. The van der Waals surface area contributed by atoms with Crippen LogP contribution < -0.4 is 5.32 Å². The largest absolute Gasteiger partial charge is 0.416 e. The van der Waals surface area contributed by atoms with E-state index in [0.29, 0.717) is 18.2 Å². The number of hydrogen-bond acceptors (Lipinski definition) is 1. The number of alkyl halides is 3. The fourth-order valence-electron chi connectivity index (χ4n) is 1.13. The Hall–Kier alpha value is -1.59. The average Bonchev–Trinajstić information content (AvgIpc) is 2.16. The van der Waals surface area contributed by atoms with Crippen molar-refractivity contribution in [1.82, 2.24) is 5.32 Å². The fraction of sp³-hybridized carbons (Fsp3) is 0.364. The van der Waals surface area contributed by atoms with E-state index in [4.69, 9.17) is 0 Å². The van der Waals surface area contributed by atoms with E-state index in [2.05, 4.69) is 5.32 Å². The number of carbonyl (C=O) groups is 1. The van der Waals surface area contributed by atoms with Crippen molar-refractivity contribution in [2.24, 2.45) is 0 Å². The van der Waals surface area contributed by atoms with Gasteiger partial charge < -0.3 is 5.32 Å². The molecule has 0 atom stereocenters. The number of carbonyl (C=O) groups excluding carboxylic acids is 1. The first-order valence-corrected chi connectivity index (χ1v) is 4.51. The third kappa shape index (κ3) is 3.72. The normalized spacial score (nSPS) is 10.6. The van der Waals surface area contributed by atoms with Gasteiger partial charge in [-0.1, -0.05) is 7.43 Å². The molecule has 0 bridgehead atoms. The zero-order chi connectivity index (χ0) is 12.3. The number of benzene rings is 1. The molecule has 1 N–H and O–H groups in total. The first-order valence-electron chi connectivity index (χ1n) is 4.51. The van der Waals surface area contributed by atoms with Gasteiger partial charge in [0.15, 0.2) is 0 Å². The van der Waals surface area contributed by atoms with Crippen molar-refractivity contribution in [3.8, 4) is 0 Å². The number of amides is 1. The van der Waals surface area contributed by atoms with E-state index in [9.17, 15) is 22.4 Å². The lowest BCUT2D eigenvalue weighted by Crippen LogP contribution is -2.24. The van der Waals surface area contributed by atoms with Gasteiger partial charge in [-0.15, -0.1) is 0 Å². The minimum absolute atomic E-state index is 0. The molecular formula is C11H13F4NO. The summed E-state index contributed by atoms with van der Waals surface area (Å²) in [6.45, 7) is 1.80. The van der Waals surface area contributed by atoms with Crippen LogP contribution in [-0.2, 0) is 6.18 Å². The SMILES string of the molecule is C.CCNC(=O)c1cc(C(F)(F)F)ccc1F. The third-order valence-electron chi connectivity index (χ3n) is 1.88. The van der Waals surface area contributed by atoms with Crippen molar-refractivity contribution < 1.29 is 22.4 Å². The molecule has 0 aliphatic heterocycles. The molecule has 0 saturated carbocycles. The number of nitrogens with one attached hydrogen (secondary N) is 1. The van der Waals surface area contributed by atoms with E-state index in [1.807, 2.05) is 0 Å². The first kappa shape index (κ1) is 15.4. The summed E-state index contributed by atoms with van der Waals surface area (Å²) in [5, 5.41) is 2.24. The van der Waals surface area contributed by atoms with Gasteiger partial charge in [-0.3, -0.25) is 4.79 Å². The van der Waals surface area contributed by atoms with Crippen LogP contribution in [0.2, 0.25) is 0 Å². The lowest BCUT2D eigenvalue weighted by molar-refractivity contribution is -0.137. The second kappa shape index (κ2) is 5.65. The zero-order valence-corrected chi connectivity index (χ0v) is 8.36. The van der Waals surface area contributed by atoms with Crippen molar-refractivity contribution in [1.29, 1.82) is 0 Å². The van der Waals surface area contributed by atoms with Gasteiger partial charge in [0, 0.05) is 6.54 Å². The van der Waals surface area contributed by atoms with Crippen LogP contribution in [0, 0.1) is 5.82 Å². The van der Waals surface area contributed by atoms with E-state index < -0.39 is 29.0 Å². The summed E-state index contributed by atoms with van der Waals surface area (Å²) in [6.07, 6.45) is -4.59. The van der Waals surface area contributed by atoms with Crippen molar-refractivity contribution >= 4 is 5.91 Å². The molecular weight excluding hydrogens is 238 g/mol. The highest BCUT2D eigenvalue weighted by molar-refractivity contribution is 5.94. The Morgan fingerprint density at radius 3 is 2.41 bits per heavy atom. The molecule has 17 heavy (non-hydrogen) atoms. The third-order valence-corrected chi connectivity index (χ3v) is 1.88. The van der Waals surface area contributed by atoms with Gasteiger partial charge in [-0.25, -0.2) is 4.39 Å². The molecule has 2 nitrogen and oxygen atoms in total. The van der Waals surface area contributed by atoms with E-state index >= 15 is 0 Å². The minimum Gasteiger partial charge on any atom is -0.352 e. The first-order chi connectivity index (χ1) is 7.36. The molecule has 0 radical (unpaired) electrons. The van der Waals surface area contributed by atoms with Gasteiger partial charge in [-0.2, -0.15) is 13.2 Å². The summed E-state index contributed by atoms with van der Waals surface area (Å²) >= 11 is 0. The summed E-state index contributed by atoms with van der Waals surface area (Å²) in [5.41, 5.74) is -1.65. The maximum absolute atomic E-state index is 13.1. The molecule has 0 saturated heterocycles. The molecule has 0 heterocycles. The second-order valence-corrected chi connectivity index (χ2v) is 3.05. The summed E-state index contributed by atoms with van der Waals surface area (Å²) in [6, 6.07) is 1.73. The standard InChI is InChI=1S/C10H9F4NO.CH4/c1-2-15-9(16)7-5-6(10(12,13)14)3-4-8(7)11;/h3-5H,2H2,1H3,(H,15,16);1H4. The quantitative estimate of drug-likeness (QED) is 0.803. The van der Waals surface area contributed by atoms with Gasteiger partial charge in [0.2, 0.25) is 0 Å². The van der Waals surface area contributed by atoms with Crippen LogP contribution in [0.1, 0.15) is 30.3 Å². The molecule has 0 aromatic heterocycles. The molecule has 0 aliphatic carbocycles. The van der Waals surface area contributed by atoms with Crippen LogP contribution in [0.15, 0.2) is 18.2 Å². The fourth-order valence-corrected chi connectivity index (χ4v) is 1.13. The van der Waals surface area contributed by atoms with Crippen molar-refractivity contribution in [3.63, 3.8) is 0 Å². The lowest BCUT2D eigenvalue weighted by Gasteiger charge is -2.09. The molecule has 0 unspecified atom stereocenters. The molecule has 1 aromatic carbocycles. The van der Waals surface area contributed by atoms with Crippen LogP contribution in [0.3, 0.4) is 0 Å². The van der Waals surface area contributed by atoms with E-state index in [-0.39, 0.29) is 14.0 Å². The van der Waals surface area contributed by atoms with Crippen molar-refractivity contribution in [2.45, 2.75) is 20.5 Å². The van der Waals surface area contributed by atoms with Crippen LogP contribution in [-0.4, -0.2) is 12.5 Å². The molecule has 1 amide bonds. The van der Waals surface area contributed by atoms with Crippen molar-refractivity contribution in [2.75, 3.05) is 6.54 Å². The van der Waals surface area contributed by atoms with Crippen molar-refractivity contribution in [3.05, 3.63) is 35.1 Å². The predicted octanol–water partition coefficient (Wildman–Crippen LogP) is 3.23. The maximum Gasteiger partial charge on any atom is 0.416 e. The topological polar surface area (TPSA) is 29.1 Å². The Bertz CT molecular complexity index is 401. The highest BCUT2D eigenvalue weighted by Gasteiger charge is 2.31. The Balaban J connectivity index is 0.00000256. The molecule has 96 valence electrons. The summed E-state index contributed by atoms with van der Waals surface area (Å²) < 4.78 is 50.0. The minimum atomic E-state index is -4.59. The summed E-state index contributed by atoms with van der Waals surface area (Å²) in [7, 11) is 0. The highest BCUT2D eigenvalue weighted by Crippen LogP contribution is 2.30. The van der Waals surface area contributed by atoms with Crippen LogP contribution >= 0.6 is 0 Å². The smallest absolute Gasteiger partial charge is 0.352 e. The lowest BCUT2D eigenvalue weighted by atomic mass is 10.1. The molecule has 0 spiro atoms. The van der Waals surface area contributed by atoms with Gasteiger partial charge in [-0.05, 0) is 25.1 Å². The monoisotopic (exact) mass is 251 g/mol. The zero-order valence-electron chi connectivity index (χ0n) is 8.36. The van der Waals surface area contributed by atoms with E-state index in [0.717, 1.165) is 0 Å².